The molecule has 9 nitrogen and oxygen atoms in total. The Morgan fingerprint density at radius 1 is 1.00 bits per heavy atom. The van der Waals surface area contributed by atoms with Crippen molar-refractivity contribution in [2.24, 2.45) is 5.10 Å². The molecule has 0 heterocycles. The Kier molecular flexibility index (Phi) is 8.31. The Bertz CT molecular complexity index is 1210. The Morgan fingerprint density at radius 2 is 1.68 bits per heavy atom. The molecular formula is C24H21ClN4O5. The normalized spacial score (nSPS) is 10.9. The molecule has 0 aliphatic carbocycles. The highest BCUT2D eigenvalue weighted by atomic mass is 35.5. The van der Waals surface area contributed by atoms with E-state index in [0.29, 0.717) is 16.4 Å². The molecule has 3 aromatic carbocycles. The summed E-state index contributed by atoms with van der Waals surface area (Å²) < 4.78 is 5.23. The quantitative estimate of drug-likeness (QED) is 0.268. The van der Waals surface area contributed by atoms with Crippen LogP contribution in [-0.2, 0) is 16.0 Å². The first-order valence-electron chi connectivity index (χ1n) is 10.2. The topological polar surface area (TPSA) is 123 Å². The van der Waals surface area contributed by atoms with Crippen molar-refractivity contribution >= 4 is 40.5 Å². The summed E-state index contributed by atoms with van der Waals surface area (Å²) in [6, 6.07) is 19.8. The number of carbonyl (C=O) groups is 2. The lowest BCUT2D eigenvalue weighted by atomic mass is 10.1. The number of nitro benzene ring substituents is 1. The number of hydrogen-bond donors (Lipinski definition) is 2. The summed E-state index contributed by atoms with van der Waals surface area (Å²) in [7, 11) is 0. The zero-order valence-electron chi connectivity index (χ0n) is 18.2. The summed E-state index contributed by atoms with van der Waals surface area (Å²) in [5.74, 6) is -0.730. The van der Waals surface area contributed by atoms with Gasteiger partial charge >= 0.3 is 5.69 Å². The van der Waals surface area contributed by atoms with Gasteiger partial charge in [-0.2, -0.15) is 5.10 Å². The molecule has 3 aromatic rings. The van der Waals surface area contributed by atoms with Crippen LogP contribution in [0.15, 0.2) is 77.9 Å². The van der Waals surface area contributed by atoms with Gasteiger partial charge < -0.3 is 10.1 Å². The van der Waals surface area contributed by atoms with Crippen LogP contribution in [-0.4, -0.2) is 29.1 Å². The summed E-state index contributed by atoms with van der Waals surface area (Å²) in [5.41, 5.74) is 4.86. The summed E-state index contributed by atoms with van der Waals surface area (Å²) in [4.78, 5) is 34.6. The molecule has 34 heavy (non-hydrogen) atoms. The maximum atomic E-state index is 12.2. The minimum absolute atomic E-state index is 0.00273. The molecule has 0 spiro atoms. The minimum Gasteiger partial charge on any atom is -0.477 e. The van der Waals surface area contributed by atoms with E-state index in [-0.39, 0.29) is 23.8 Å². The van der Waals surface area contributed by atoms with Crippen LogP contribution in [0.3, 0.4) is 0 Å². The van der Waals surface area contributed by atoms with Gasteiger partial charge in [0.2, 0.25) is 5.91 Å². The maximum absolute atomic E-state index is 12.2. The third-order valence-corrected chi connectivity index (χ3v) is 4.89. The SMILES string of the molecule is C/C(=N/NC(=O)COc1ccccc1[N+](=O)[O-])c1ccc(NC(=O)Cc2ccc(Cl)cc2)cc1. The van der Waals surface area contributed by atoms with E-state index in [4.69, 9.17) is 16.3 Å². The molecule has 0 saturated heterocycles. The standard InChI is InChI=1S/C24H21ClN4O5/c1-16(27-28-24(31)15-34-22-5-3-2-4-21(22)29(32)33)18-8-12-20(13-9-18)26-23(30)14-17-6-10-19(25)11-7-17/h2-13H,14-15H2,1H3,(H,26,30)(H,28,31)/b27-16-. The summed E-state index contributed by atoms with van der Waals surface area (Å²) in [6.07, 6.45) is 0.222. The number of rotatable bonds is 9. The van der Waals surface area contributed by atoms with Crippen molar-refractivity contribution in [3.63, 3.8) is 0 Å². The molecule has 0 radical (unpaired) electrons. The number of nitro groups is 1. The number of ether oxygens (including phenoxy) is 1. The number of para-hydroxylation sites is 2. The smallest absolute Gasteiger partial charge is 0.310 e. The van der Waals surface area contributed by atoms with E-state index >= 15 is 0 Å². The lowest BCUT2D eigenvalue weighted by Crippen LogP contribution is -2.25. The average Bonchev–Trinajstić information content (AvgIpc) is 2.83. The molecule has 174 valence electrons. The van der Waals surface area contributed by atoms with Crippen LogP contribution < -0.4 is 15.5 Å². The summed E-state index contributed by atoms with van der Waals surface area (Å²) in [5, 5.41) is 18.4. The van der Waals surface area contributed by atoms with Crippen molar-refractivity contribution in [2.75, 3.05) is 11.9 Å². The van der Waals surface area contributed by atoms with Crippen molar-refractivity contribution in [1.29, 1.82) is 0 Å². The Balaban J connectivity index is 1.50. The van der Waals surface area contributed by atoms with Crippen molar-refractivity contribution in [2.45, 2.75) is 13.3 Å². The van der Waals surface area contributed by atoms with Gasteiger partial charge in [-0.3, -0.25) is 19.7 Å². The van der Waals surface area contributed by atoms with Gasteiger partial charge in [0.25, 0.3) is 5.91 Å². The molecule has 3 rings (SSSR count). The van der Waals surface area contributed by atoms with E-state index in [9.17, 15) is 19.7 Å². The van der Waals surface area contributed by atoms with Crippen molar-refractivity contribution in [3.05, 3.63) is 99.1 Å². The fourth-order valence-electron chi connectivity index (χ4n) is 2.90. The number of carbonyl (C=O) groups excluding carboxylic acids is 2. The highest BCUT2D eigenvalue weighted by Crippen LogP contribution is 2.25. The van der Waals surface area contributed by atoms with Crippen LogP contribution >= 0.6 is 11.6 Å². The van der Waals surface area contributed by atoms with Gasteiger partial charge in [-0.25, -0.2) is 5.43 Å². The zero-order chi connectivity index (χ0) is 24.5. The predicted octanol–water partition coefficient (Wildman–Crippen LogP) is 4.35. The predicted molar refractivity (Wildman–Crippen MR) is 129 cm³/mol. The molecule has 0 aliphatic heterocycles. The van der Waals surface area contributed by atoms with Crippen LogP contribution in [0.5, 0.6) is 5.75 Å². The molecule has 0 atom stereocenters. The third kappa shape index (κ3) is 7.14. The van der Waals surface area contributed by atoms with E-state index in [2.05, 4.69) is 15.8 Å². The maximum Gasteiger partial charge on any atom is 0.310 e. The van der Waals surface area contributed by atoms with Crippen LogP contribution in [0.1, 0.15) is 18.1 Å². The van der Waals surface area contributed by atoms with Gasteiger partial charge in [0, 0.05) is 16.8 Å². The van der Waals surface area contributed by atoms with E-state index < -0.39 is 17.4 Å². The van der Waals surface area contributed by atoms with E-state index in [1.807, 2.05) is 0 Å². The van der Waals surface area contributed by atoms with E-state index in [1.54, 1.807) is 61.5 Å². The molecule has 0 aromatic heterocycles. The van der Waals surface area contributed by atoms with Crippen molar-refractivity contribution in [1.82, 2.24) is 5.43 Å². The van der Waals surface area contributed by atoms with Crippen LogP contribution in [0, 0.1) is 10.1 Å². The molecule has 0 unspecified atom stereocenters. The van der Waals surface area contributed by atoms with Crippen LogP contribution in [0.2, 0.25) is 5.02 Å². The summed E-state index contributed by atoms with van der Waals surface area (Å²) >= 11 is 5.85. The highest BCUT2D eigenvalue weighted by Gasteiger charge is 2.14. The fourth-order valence-corrected chi connectivity index (χ4v) is 3.03. The van der Waals surface area contributed by atoms with Gasteiger partial charge in [0.05, 0.1) is 17.1 Å². The molecule has 0 aliphatic rings. The Labute approximate surface area is 200 Å². The lowest BCUT2D eigenvalue weighted by Gasteiger charge is -2.08. The minimum atomic E-state index is -0.584. The van der Waals surface area contributed by atoms with Gasteiger partial charge in [-0.1, -0.05) is 48.0 Å². The third-order valence-electron chi connectivity index (χ3n) is 4.63. The van der Waals surface area contributed by atoms with Crippen LogP contribution in [0.4, 0.5) is 11.4 Å². The van der Waals surface area contributed by atoms with E-state index in [0.717, 1.165) is 11.1 Å². The molecule has 10 heteroatoms. The number of nitrogens with zero attached hydrogens (tertiary/aromatic N) is 2. The first-order chi connectivity index (χ1) is 16.3. The molecule has 0 bridgehead atoms. The number of amides is 2. The average molecular weight is 481 g/mol. The lowest BCUT2D eigenvalue weighted by molar-refractivity contribution is -0.385. The van der Waals surface area contributed by atoms with Crippen LogP contribution in [0.25, 0.3) is 0 Å². The number of anilines is 1. The molecule has 2 amide bonds. The number of halogens is 1. The van der Waals surface area contributed by atoms with Gasteiger partial charge in [-0.05, 0) is 48.4 Å². The first kappa shape index (κ1) is 24.4. The highest BCUT2D eigenvalue weighted by molar-refractivity contribution is 6.30. The second kappa shape index (κ2) is 11.6. The molecule has 0 fully saturated rings. The number of hydrogen-bond acceptors (Lipinski definition) is 6. The zero-order valence-corrected chi connectivity index (χ0v) is 18.9. The molecule has 0 saturated carbocycles. The molecule has 2 N–H and O–H groups in total. The Hall–Kier alpha value is -4.24. The van der Waals surface area contributed by atoms with Crippen molar-refractivity contribution < 1.29 is 19.2 Å². The number of nitrogens with one attached hydrogen (secondary N) is 2. The largest absolute Gasteiger partial charge is 0.477 e. The second-order valence-electron chi connectivity index (χ2n) is 7.17. The Morgan fingerprint density at radius 3 is 2.35 bits per heavy atom. The fraction of sp³-hybridized carbons (Fsp3) is 0.125. The van der Waals surface area contributed by atoms with Gasteiger partial charge in [0.1, 0.15) is 0 Å². The van der Waals surface area contributed by atoms with Crippen molar-refractivity contribution in [3.8, 4) is 5.75 Å². The summed E-state index contributed by atoms with van der Waals surface area (Å²) in [6.45, 7) is 1.28. The number of benzene rings is 3. The van der Waals surface area contributed by atoms with Gasteiger partial charge in [0.15, 0.2) is 12.4 Å². The van der Waals surface area contributed by atoms with Gasteiger partial charge in [-0.15, -0.1) is 0 Å². The first-order valence-corrected chi connectivity index (χ1v) is 10.5. The molecular weight excluding hydrogens is 460 g/mol. The monoisotopic (exact) mass is 480 g/mol. The van der Waals surface area contributed by atoms with E-state index in [1.165, 1.54) is 18.2 Å². The second-order valence-corrected chi connectivity index (χ2v) is 7.61. The number of hydrazone groups is 1.